The number of benzene rings is 1. The number of thiazole rings is 1. The van der Waals surface area contributed by atoms with E-state index in [0.717, 1.165) is 28.6 Å². The highest BCUT2D eigenvalue weighted by molar-refractivity contribution is 14.0. The van der Waals surface area contributed by atoms with E-state index in [1.54, 1.807) is 18.4 Å². The molecule has 0 saturated heterocycles. The number of guanidine groups is 1. The van der Waals surface area contributed by atoms with Gasteiger partial charge in [-0.25, -0.2) is 9.98 Å². The molecule has 1 heterocycles. The van der Waals surface area contributed by atoms with Gasteiger partial charge in [-0.3, -0.25) is 0 Å². The highest BCUT2D eigenvalue weighted by Crippen LogP contribution is 2.18. The van der Waals surface area contributed by atoms with Gasteiger partial charge in [0.15, 0.2) is 5.96 Å². The van der Waals surface area contributed by atoms with E-state index in [9.17, 15) is 5.11 Å². The van der Waals surface area contributed by atoms with Crippen LogP contribution in [0.25, 0.3) is 0 Å². The van der Waals surface area contributed by atoms with Gasteiger partial charge in [0, 0.05) is 18.0 Å². The maximum Gasteiger partial charge on any atom is 0.191 e. The molecule has 0 spiro atoms. The first kappa shape index (κ1) is 22.7. The van der Waals surface area contributed by atoms with E-state index >= 15 is 0 Å². The van der Waals surface area contributed by atoms with Crippen LogP contribution in [0.2, 0.25) is 0 Å². The van der Waals surface area contributed by atoms with Crippen molar-refractivity contribution in [2.24, 2.45) is 4.99 Å². The smallest absolute Gasteiger partial charge is 0.191 e. The lowest BCUT2D eigenvalue weighted by Gasteiger charge is -2.15. The topological polar surface area (TPSA) is 78.8 Å². The van der Waals surface area contributed by atoms with Crippen molar-refractivity contribution < 1.29 is 9.84 Å². The standard InChI is InChI=1S/C18H26N4O2S.HI/c1-5-19-18(21-11-17-22-12(2)13(3)25-17)20-10-16(23)14-6-8-15(24-4)9-7-14;/h6-9,16,23H,5,10-11H2,1-4H3,(H2,19,20,21);1H. The second kappa shape index (κ2) is 11.3. The normalized spacial score (nSPS) is 12.3. The molecule has 3 N–H and O–H groups in total. The fraction of sp³-hybridized carbons (Fsp3) is 0.444. The zero-order valence-corrected chi connectivity index (χ0v) is 18.7. The number of hydrogen-bond acceptors (Lipinski definition) is 5. The van der Waals surface area contributed by atoms with Crippen molar-refractivity contribution in [2.75, 3.05) is 20.2 Å². The van der Waals surface area contributed by atoms with Gasteiger partial charge in [0.05, 0.1) is 25.5 Å². The van der Waals surface area contributed by atoms with Gasteiger partial charge < -0.3 is 20.5 Å². The van der Waals surface area contributed by atoms with Gasteiger partial charge in [0.1, 0.15) is 10.8 Å². The third kappa shape index (κ3) is 6.73. The Morgan fingerprint density at radius 2 is 1.96 bits per heavy atom. The van der Waals surface area contributed by atoms with Crippen molar-refractivity contribution in [3.63, 3.8) is 0 Å². The number of aliphatic hydroxyl groups excluding tert-OH is 1. The Bertz CT molecular complexity index is 684. The van der Waals surface area contributed by atoms with Crippen LogP contribution in [0.4, 0.5) is 0 Å². The van der Waals surface area contributed by atoms with Gasteiger partial charge in [0.25, 0.3) is 0 Å². The summed E-state index contributed by atoms with van der Waals surface area (Å²) >= 11 is 1.66. The fourth-order valence-electron chi connectivity index (χ4n) is 2.23. The Morgan fingerprint density at radius 3 is 2.50 bits per heavy atom. The maximum atomic E-state index is 10.3. The number of aliphatic hydroxyl groups is 1. The van der Waals surface area contributed by atoms with Crippen LogP contribution in [0.1, 0.15) is 34.2 Å². The van der Waals surface area contributed by atoms with Gasteiger partial charge >= 0.3 is 0 Å². The van der Waals surface area contributed by atoms with Crippen LogP contribution in [-0.4, -0.2) is 36.2 Å². The summed E-state index contributed by atoms with van der Waals surface area (Å²) in [6.07, 6.45) is -0.626. The molecule has 0 saturated carbocycles. The van der Waals surface area contributed by atoms with Crippen molar-refractivity contribution in [1.29, 1.82) is 0 Å². The number of rotatable bonds is 7. The van der Waals surface area contributed by atoms with Crippen LogP contribution < -0.4 is 15.4 Å². The Hall–Kier alpha value is -1.39. The number of hydrogen-bond donors (Lipinski definition) is 3. The number of aliphatic imine (C=N–C) groups is 1. The van der Waals surface area contributed by atoms with Crippen LogP contribution in [0.5, 0.6) is 5.75 Å². The van der Waals surface area contributed by atoms with Crippen LogP contribution >= 0.6 is 35.3 Å². The average molecular weight is 490 g/mol. The van der Waals surface area contributed by atoms with Gasteiger partial charge in [-0.1, -0.05) is 12.1 Å². The zero-order valence-electron chi connectivity index (χ0n) is 15.6. The average Bonchev–Trinajstić information content (AvgIpc) is 2.95. The van der Waals surface area contributed by atoms with Crippen molar-refractivity contribution in [3.8, 4) is 5.75 Å². The van der Waals surface area contributed by atoms with Crippen molar-refractivity contribution in [1.82, 2.24) is 15.6 Å². The monoisotopic (exact) mass is 490 g/mol. The second-order valence-electron chi connectivity index (χ2n) is 5.61. The van der Waals surface area contributed by atoms with Crippen molar-refractivity contribution in [3.05, 3.63) is 45.4 Å². The Morgan fingerprint density at radius 1 is 1.27 bits per heavy atom. The number of ether oxygens (including phenoxy) is 1. The minimum absolute atomic E-state index is 0. The number of nitrogens with zero attached hydrogens (tertiary/aromatic N) is 2. The lowest BCUT2D eigenvalue weighted by atomic mass is 10.1. The van der Waals surface area contributed by atoms with E-state index in [1.165, 1.54) is 4.88 Å². The summed E-state index contributed by atoms with van der Waals surface area (Å²) < 4.78 is 5.13. The molecule has 1 unspecified atom stereocenters. The minimum Gasteiger partial charge on any atom is -0.497 e. The van der Waals surface area contributed by atoms with Crippen LogP contribution in [0, 0.1) is 13.8 Å². The molecule has 0 fully saturated rings. The molecule has 6 nitrogen and oxygen atoms in total. The molecule has 0 bridgehead atoms. The summed E-state index contributed by atoms with van der Waals surface area (Å²) in [5, 5.41) is 17.7. The van der Waals surface area contributed by atoms with Crippen molar-refractivity contribution >= 4 is 41.3 Å². The summed E-state index contributed by atoms with van der Waals surface area (Å²) in [6.45, 7) is 7.72. The van der Waals surface area contributed by atoms with E-state index in [0.29, 0.717) is 19.0 Å². The first-order valence-electron chi connectivity index (χ1n) is 8.30. The molecule has 2 aromatic rings. The maximum absolute atomic E-state index is 10.3. The third-order valence-electron chi connectivity index (χ3n) is 3.75. The summed E-state index contributed by atoms with van der Waals surface area (Å²) in [7, 11) is 1.62. The fourth-order valence-corrected chi connectivity index (χ4v) is 3.09. The summed E-state index contributed by atoms with van der Waals surface area (Å²) in [5.41, 5.74) is 1.89. The molecule has 8 heteroatoms. The number of aromatic nitrogens is 1. The molecule has 0 radical (unpaired) electrons. The molecule has 1 aromatic heterocycles. The quantitative estimate of drug-likeness (QED) is 0.316. The predicted molar refractivity (Wildman–Crippen MR) is 118 cm³/mol. The highest BCUT2D eigenvalue weighted by atomic mass is 127. The molecule has 0 amide bonds. The number of nitrogens with one attached hydrogen (secondary N) is 2. The molecular formula is C18H27IN4O2S. The van der Waals surface area contributed by atoms with Gasteiger partial charge in [0.2, 0.25) is 0 Å². The Labute approximate surface area is 176 Å². The van der Waals surface area contributed by atoms with E-state index in [4.69, 9.17) is 4.74 Å². The van der Waals surface area contributed by atoms with Crippen LogP contribution in [0.3, 0.4) is 0 Å². The zero-order chi connectivity index (χ0) is 18.2. The van der Waals surface area contributed by atoms with Crippen LogP contribution in [0.15, 0.2) is 29.3 Å². The van der Waals surface area contributed by atoms with Crippen LogP contribution in [-0.2, 0) is 6.54 Å². The molecule has 0 aliphatic rings. The highest BCUT2D eigenvalue weighted by Gasteiger charge is 2.09. The summed E-state index contributed by atoms with van der Waals surface area (Å²) in [6, 6.07) is 7.39. The summed E-state index contributed by atoms with van der Waals surface area (Å²) in [5.74, 6) is 1.44. The largest absolute Gasteiger partial charge is 0.497 e. The third-order valence-corrected chi connectivity index (χ3v) is 4.81. The van der Waals surface area contributed by atoms with Gasteiger partial charge in [-0.2, -0.15) is 0 Å². The summed E-state index contributed by atoms with van der Waals surface area (Å²) in [4.78, 5) is 10.3. The molecule has 0 aliphatic carbocycles. The molecule has 144 valence electrons. The SMILES string of the molecule is CCNC(=NCc1nc(C)c(C)s1)NCC(O)c1ccc(OC)cc1.I. The number of methoxy groups -OCH3 is 1. The second-order valence-corrected chi connectivity index (χ2v) is 6.90. The Balaban J connectivity index is 0.00000338. The lowest BCUT2D eigenvalue weighted by Crippen LogP contribution is -2.39. The predicted octanol–water partition coefficient (Wildman–Crippen LogP) is 3.18. The van der Waals surface area contributed by atoms with E-state index in [-0.39, 0.29) is 24.0 Å². The molecule has 1 aromatic carbocycles. The van der Waals surface area contributed by atoms with E-state index in [1.807, 2.05) is 38.1 Å². The van der Waals surface area contributed by atoms with E-state index < -0.39 is 6.10 Å². The molecule has 2 rings (SSSR count). The lowest BCUT2D eigenvalue weighted by molar-refractivity contribution is 0.180. The van der Waals surface area contributed by atoms with Gasteiger partial charge in [-0.15, -0.1) is 35.3 Å². The number of halogens is 1. The number of aryl methyl sites for hydroxylation is 2. The molecule has 0 aliphatic heterocycles. The molecule has 1 atom stereocenters. The first-order chi connectivity index (χ1) is 12.0. The van der Waals surface area contributed by atoms with E-state index in [2.05, 4.69) is 27.5 Å². The first-order valence-corrected chi connectivity index (χ1v) is 9.12. The molecular weight excluding hydrogens is 463 g/mol. The minimum atomic E-state index is -0.626. The Kier molecular flexibility index (Phi) is 9.89. The van der Waals surface area contributed by atoms with Crippen molar-refractivity contribution in [2.45, 2.75) is 33.4 Å². The van der Waals surface area contributed by atoms with Gasteiger partial charge in [-0.05, 0) is 38.5 Å². The molecule has 26 heavy (non-hydrogen) atoms.